The molecule has 1 fully saturated rings. The molecule has 0 bridgehead atoms. The number of hydrogen-bond acceptors (Lipinski definition) is 2. The summed E-state index contributed by atoms with van der Waals surface area (Å²) in [6, 6.07) is 10.7. The van der Waals surface area contributed by atoms with Gasteiger partial charge in [0.1, 0.15) is 0 Å². The second-order valence-corrected chi connectivity index (χ2v) is 7.29. The highest BCUT2D eigenvalue weighted by Crippen LogP contribution is 2.20. The first-order chi connectivity index (χ1) is 11.8. The van der Waals surface area contributed by atoms with Gasteiger partial charge in [-0.2, -0.15) is 0 Å². The molecule has 2 unspecified atom stereocenters. The number of allylic oxidation sites excluding steroid dienone is 2. The molecule has 1 heterocycles. The third-order valence-corrected chi connectivity index (χ3v) is 5.18. The van der Waals surface area contributed by atoms with Crippen molar-refractivity contribution in [2.45, 2.75) is 51.0 Å². The molecular weight excluding hydrogens is 296 g/mol. The molecule has 3 heteroatoms. The predicted molar refractivity (Wildman–Crippen MR) is 98.8 cm³/mol. The van der Waals surface area contributed by atoms with Gasteiger partial charge in [0.15, 0.2) is 0 Å². The minimum atomic E-state index is 0.211. The predicted octanol–water partition coefficient (Wildman–Crippen LogP) is 3.56. The minimum Gasteiger partial charge on any atom is -0.352 e. The number of carbonyl (C=O) groups is 1. The van der Waals surface area contributed by atoms with Crippen molar-refractivity contribution >= 4 is 5.91 Å². The number of nitrogens with zero attached hydrogens (tertiary/aromatic N) is 1. The summed E-state index contributed by atoms with van der Waals surface area (Å²) in [6.07, 6.45) is 12.1. The SMILES string of the molecule is O=C(CC1C=CCC1)NC(Cc1ccccc1)CN1CCCCC1. The maximum atomic E-state index is 12.5. The second-order valence-electron chi connectivity index (χ2n) is 7.29. The van der Waals surface area contributed by atoms with E-state index in [2.05, 4.69) is 46.6 Å². The number of amides is 1. The van der Waals surface area contributed by atoms with Crippen LogP contribution in [-0.2, 0) is 11.2 Å². The summed E-state index contributed by atoms with van der Waals surface area (Å²) < 4.78 is 0. The van der Waals surface area contributed by atoms with E-state index in [1.54, 1.807) is 0 Å². The Balaban J connectivity index is 1.57. The molecular formula is C21H30N2O. The van der Waals surface area contributed by atoms with Gasteiger partial charge in [-0.05, 0) is 56.7 Å². The van der Waals surface area contributed by atoms with Crippen LogP contribution in [0.25, 0.3) is 0 Å². The zero-order valence-corrected chi connectivity index (χ0v) is 14.6. The van der Waals surface area contributed by atoms with Gasteiger partial charge in [-0.15, -0.1) is 0 Å². The van der Waals surface area contributed by atoms with Crippen LogP contribution in [0.4, 0.5) is 0 Å². The molecule has 1 saturated heterocycles. The average Bonchev–Trinajstić information content (AvgIpc) is 3.09. The summed E-state index contributed by atoms with van der Waals surface area (Å²) >= 11 is 0. The maximum absolute atomic E-state index is 12.5. The van der Waals surface area contributed by atoms with Gasteiger partial charge in [-0.3, -0.25) is 4.79 Å². The topological polar surface area (TPSA) is 32.3 Å². The number of hydrogen-bond donors (Lipinski definition) is 1. The highest BCUT2D eigenvalue weighted by molar-refractivity contribution is 5.76. The largest absolute Gasteiger partial charge is 0.352 e. The third kappa shape index (κ3) is 5.48. The van der Waals surface area contributed by atoms with Crippen LogP contribution in [0.1, 0.15) is 44.1 Å². The third-order valence-electron chi connectivity index (χ3n) is 5.18. The summed E-state index contributed by atoms with van der Waals surface area (Å²) in [5.74, 6) is 0.654. The lowest BCUT2D eigenvalue weighted by molar-refractivity contribution is -0.122. The summed E-state index contributed by atoms with van der Waals surface area (Å²) in [6.45, 7) is 3.32. The Morgan fingerprint density at radius 1 is 1.17 bits per heavy atom. The number of piperidine rings is 1. The van der Waals surface area contributed by atoms with Crippen molar-refractivity contribution in [3.63, 3.8) is 0 Å². The lowest BCUT2D eigenvalue weighted by Gasteiger charge is -2.31. The molecule has 3 rings (SSSR count). The number of carbonyl (C=O) groups excluding carboxylic acids is 1. The summed E-state index contributed by atoms with van der Waals surface area (Å²) in [4.78, 5) is 15.0. The number of likely N-dealkylation sites (tertiary alicyclic amines) is 1. The van der Waals surface area contributed by atoms with Crippen molar-refractivity contribution in [1.82, 2.24) is 10.2 Å². The molecule has 0 saturated carbocycles. The van der Waals surface area contributed by atoms with Gasteiger partial charge in [0.05, 0.1) is 0 Å². The van der Waals surface area contributed by atoms with Crippen LogP contribution >= 0.6 is 0 Å². The van der Waals surface area contributed by atoms with Crippen LogP contribution in [0.5, 0.6) is 0 Å². The molecule has 2 atom stereocenters. The smallest absolute Gasteiger partial charge is 0.220 e. The summed E-state index contributed by atoms with van der Waals surface area (Å²) in [5.41, 5.74) is 1.31. The van der Waals surface area contributed by atoms with Gasteiger partial charge in [0.25, 0.3) is 0 Å². The van der Waals surface area contributed by atoms with Gasteiger partial charge < -0.3 is 10.2 Å². The molecule has 1 aromatic carbocycles. The Morgan fingerprint density at radius 2 is 1.96 bits per heavy atom. The van der Waals surface area contributed by atoms with Crippen molar-refractivity contribution in [3.8, 4) is 0 Å². The summed E-state index contributed by atoms with van der Waals surface area (Å²) in [5, 5.41) is 3.33. The van der Waals surface area contributed by atoms with Crippen molar-refractivity contribution in [2.75, 3.05) is 19.6 Å². The van der Waals surface area contributed by atoms with Crippen molar-refractivity contribution in [2.24, 2.45) is 5.92 Å². The number of rotatable bonds is 7. The van der Waals surface area contributed by atoms with E-state index in [4.69, 9.17) is 0 Å². The van der Waals surface area contributed by atoms with E-state index in [0.717, 1.165) is 25.8 Å². The van der Waals surface area contributed by atoms with Crippen LogP contribution in [0, 0.1) is 5.92 Å². The van der Waals surface area contributed by atoms with E-state index in [1.165, 1.54) is 37.9 Å². The fourth-order valence-electron chi connectivity index (χ4n) is 3.90. The first kappa shape index (κ1) is 17.2. The standard InChI is InChI=1S/C21H30N2O/c24-21(16-19-11-5-6-12-19)22-20(15-18-9-3-1-4-10-18)17-23-13-7-2-8-14-23/h1,3-5,9-11,19-20H,2,6-8,12-17H2,(H,22,24). The van der Waals surface area contributed by atoms with Gasteiger partial charge in [-0.25, -0.2) is 0 Å². The molecule has 1 aromatic rings. The van der Waals surface area contributed by atoms with Gasteiger partial charge >= 0.3 is 0 Å². The fraction of sp³-hybridized carbons (Fsp3) is 0.571. The average molecular weight is 326 g/mol. The van der Waals surface area contributed by atoms with E-state index < -0.39 is 0 Å². The molecule has 130 valence electrons. The van der Waals surface area contributed by atoms with E-state index in [0.29, 0.717) is 12.3 Å². The molecule has 3 nitrogen and oxygen atoms in total. The van der Waals surface area contributed by atoms with E-state index in [-0.39, 0.29) is 11.9 Å². The second kappa shape index (κ2) is 9.03. The number of benzene rings is 1. The van der Waals surface area contributed by atoms with Crippen LogP contribution < -0.4 is 5.32 Å². The van der Waals surface area contributed by atoms with Crippen LogP contribution in [0.3, 0.4) is 0 Å². The lowest BCUT2D eigenvalue weighted by Crippen LogP contribution is -2.46. The van der Waals surface area contributed by atoms with Crippen LogP contribution in [0.2, 0.25) is 0 Å². The first-order valence-electron chi connectivity index (χ1n) is 9.52. The zero-order valence-electron chi connectivity index (χ0n) is 14.6. The highest BCUT2D eigenvalue weighted by atomic mass is 16.1. The highest BCUT2D eigenvalue weighted by Gasteiger charge is 2.20. The Kier molecular flexibility index (Phi) is 6.48. The molecule has 2 aliphatic rings. The molecule has 0 spiro atoms. The van der Waals surface area contributed by atoms with Crippen molar-refractivity contribution in [3.05, 3.63) is 48.0 Å². The Labute approximate surface area is 146 Å². The molecule has 24 heavy (non-hydrogen) atoms. The summed E-state index contributed by atoms with van der Waals surface area (Å²) in [7, 11) is 0. The van der Waals surface area contributed by atoms with Crippen LogP contribution in [-0.4, -0.2) is 36.5 Å². The lowest BCUT2D eigenvalue weighted by atomic mass is 10.0. The molecule has 1 N–H and O–H groups in total. The quantitative estimate of drug-likeness (QED) is 0.777. The normalized spacial score (nSPS) is 22.4. The van der Waals surface area contributed by atoms with Crippen molar-refractivity contribution in [1.29, 1.82) is 0 Å². The van der Waals surface area contributed by atoms with Gasteiger partial charge in [0, 0.05) is 19.0 Å². The molecule has 1 aliphatic heterocycles. The van der Waals surface area contributed by atoms with E-state index in [1.807, 2.05) is 6.07 Å². The Hall–Kier alpha value is -1.61. The first-order valence-corrected chi connectivity index (χ1v) is 9.52. The molecule has 1 amide bonds. The van der Waals surface area contributed by atoms with E-state index in [9.17, 15) is 4.79 Å². The van der Waals surface area contributed by atoms with Crippen LogP contribution in [0.15, 0.2) is 42.5 Å². The maximum Gasteiger partial charge on any atom is 0.220 e. The van der Waals surface area contributed by atoms with Gasteiger partial charge in [-0.1, -0.05) is 48.9 Å². The zero-order chi connectivity index (χ0) is 16.6. The Bertz CT molecular complexity index is 534. The molecule has 1 aliphatic carbocycles. The Morgan fingerprint density at radius 3 is 2.67 bits per heavy atom. The minimum absolute atomic E-state index is 0.211. The molecule has 0 aromatic heterocycles. The van der Waals surface area contributed by atoms with Gasteiger partial charge in [0.2, 0.25) is 5.91 Å². The number of nitrogens with one attached hydrogen (secondary N) is 1. The van der Waals surface area contributed by atoms with Crippen molar-refractivity contribution < 1.29 is 4.79 Å². The van der Waals surface area contributed by atoms with E-state index >= 15 is 0 Å². The molecule has 0 radical (unpaired) electrons. The monoisotopic (exact) mass is 326 g/mol. The fourth-order valence-corrected chi connectivity index (χ4v) is 3.90.